The third kappa shape index (κ3) is 8.49. The fourth-order valence-corrected chi connectivity index (χ4v) is 5.20. The van der Waals surface area contributed by atoms with Gasteiger partial charge in [0, 0.05) is 25.6 Å². The number of methoxy groups -OCH3 is 1. The first kappa shape index (κ1) is 29.5. The molecule has 5 aromatic rings. The summed E-state index contributed by atoms with van der Waals surface area (Å²) in [6.45, 7) is 1.92. The van der Waals surface area contributed by atoms with Crippen LogP contribution in [0.4, 0.5) is 4.79 Å². The van der Waals surface area contributed by atoms with E-state index in [1.165, 1.54) is 11.1 Å². The van der Waals surface area contributed by atoms with Crippen LogP contribution < -0.4 is 14.8 Å². The average Bonchev–Trinajstić information content (AvgIpc) is 3.08. The number of ether oxygens (including phenoxy) is 2. The zero-order valence-electron chi connectivity index (χ0n) is 24.6. The number of carbonyl (C=O) groups is 1. The standard InChI is InChI=1S/C38H38N2O3/c1-42-37-26-32(22-23-36(37)43-29-31-16-8-3-9-17-31)28-40(38(41)39-27-30-14-6-2-7-15-30)25-24-35(33-18-10-4-11-19-33)34-20-12-5-13-21-34/h2-23,26,35H,24-25,27-29H2,1H3,(H,39,41). The molecule has 0 unspecified atom stereocenters. The molecule has 0 atom stereocenters. The Morgan fingerprint density at radius 1 is 0.674 bits per heavy atom. The number of urea groups is 1. The van der Waals surface area contributed by atoms with Gasteiger partial charge in [0.05, 0.1) is 7.11 Å². The number of nitrogens with zero attached hydrogens (tertiary/aromatic N) is 1. The van der Waals surface area contributed by atoms with Gasteiger partial charge in [-0.05, 0) is 46.4 Å². The van der Waals surface area contributed by atoms with Crippen molar-refractivity contribution in [2.24, 2.45) is 0 Å². The predicted molar refractivity (Wildman–Crippen MR) is 172 cm³/mol. The van der Waals surface area contributed by atoms with E-state index in [0.717, 1.165) is 23.1 Å². The van der Waals surface area contributed by atoms with Gasteiger partial charge in [0.25, 0.3) is 0 Å². The summed E-state index contributed by atoms with van der Waals surface area (Å²) in [5.74, 6) is 1.48. The van der Waals surface area contributed by atoms with E-state index >= 15 is 0 Å². The maximum atomic E-state index is 13.6. The zero-order valence-corrected chi connectivity index (χ0v) is 24.6. The molecule has 1 N–H and O–H groups in total. The number of benzene rings is 5. The fraction of sp³-hybridized carbons (Fsp3) is 0.184. The van der Waals surface area contributed by atoms with Crippen molar-refractivity contribution in [3.05, 3.63) is 167 Å². The molecule has 0 radical (unpaired) electrons. The van der Waals surface area contributed by atoms with Crippen molar-refractivity contribution < 1.29 is 14.3 Å². The second-order valence-electron chi connectivity index (χ2n) is 10.5. The van der Waals surface area contributed by atoms with Crippen molar-refractivity contribution in [3.8, 4) is 11.5 Å². The monoisotopic (exact) mass is 570 g/mol. The Morgan fingerprint density at radius 2 is 1.23 bits per heavy atom. The van der Waals surface area contributed by atoms with Gasteiger partial charge < -0.3 is 19.7 Å². The molecule has 0 aromatic heterocycles. The van der Waals surface area contributed by atoms with Crippen molar-refractivity contribution in [2.45, 2.75) is 32.0 Å². The largest absolute Gasteiger partial charge is 0.493 e. The summed E-state index contributed by atoms with van der Waals surface area (Å²) in [6.07, 6.45) is 0.780. The fourth-order valence-electron chi connectivity index (χ4n) is 5.20. The second-order valence-corrected chi connectivity index (χ2v) is 10.5. The second kappa shape index (κ2) is 15.3. The van der Waals surface area contributed by atoms with Gasteiger partial charge in [-0.15, -0.1) is 0 Å². The van der Waals surface area contributed by atoms with Crippen LogP contribution in [0.25, 0.3) is 0 Å². The first-order valence-electron chi connectivity index (χ1n) is 14.7. The molecule has 0 heterocycles. The Labute approximate surface area is 254 Å². The summed E-state index contributed by atoms with van der Waals surface area (Å²) in [5, 5.41) is 3.13. The minimum atomic E-state index is -0.105. The average molecular weight is 571 g/mol. The highest BCUT2D eigenvalue weighted by Crippen LogP contribution is 2.31. The van der Waals surface area contributed by atoms with Crippen LogP contribution >= 0.6 is 0 Å². The summed E-state index contributed by atoms with van der Waals surface area (Å²) in [4.78, 5) is 15.5. The van der Waals surface area contributed by atoms with Crippen LogP contribution in [-0.4, -0.2) is 24.6 Å². The third-order valence-corrected chi connectivity index (χ3v) is 7.50. The highest BCUT2D eigenvalue weighted by molar-refractivity contribution is 5.74. The topological polar surface area (TPSA) is 50.8 Å². The Morgan fingerprint density at radius 3 is 1.81 bits per heavy atom. The summed E-state index contributed by atoms with van der Waals surface area (Å²) in [5.41, 5.74) is 5.58. The Hall–Kier alpha value is -5.03. The minimum Gasteiger partial charge on any atom is -0.493 e. The van der Waals surface area contributed by atoms with Crippen LogP contribution in [0.2, 0.25) is 0 Å². The summed E-state index contributed by atoms with van der Waals surface area (Å²) in [7, 11) is 1.64. The van der Waals surface area contributed by atoms with Crippen LogP contribution in [0.5, 0.6) is 11.5 Å². The lowest BCUT2D eigenvalue weighted by Crippen LogP contribution is -2.40. The van der Waals surface area contributed by atoms with E-state index in [1.807, 2.05) is 95.9 Å². The van der Waals surface area contributed by atoms with Gasteiger partial charge in [-0.2, -0.15) is 0 Å². The molecule has 0 saturated carbocycles. The van der Waals surface area contributed by atoms with Crippen LogP contribution in [0.3, 0.4) is 0 Å². The lowest BCUT2D eigenvalue weighted by molar-refractivity contribution is 0.193. The van der Waals surface area contributed by atoms with Gasteiger partial charge in [0.15, 0.2) is 11.5 Å². The van der Waals surface area contributed by atoms with Crippen molar-refractivity contribution in [3.63, 3.8) is 0 Å². The number of rotatable bonds is 13. The van der Waals surface area contributed by atoms with Crippen LogP contribution in [0.15, 0.2) is 140 Å². The molecule has 5 heteroatoms. The van der Waals surface area contributed by atoms with Crippen molar-refractivity contribution in [2.75, 3.05) is 13.7 Å². The number of carbonyl (C=O) groups excluding carboxylic acids is 1. The van der Waals surface area contributed by atoms with Crippen molar-refractivity contribution >= 4 is 6.03 Å². The van der Waals surface area contributed by atoms with Gasteiger partial charge in [0.1, 0.15) is 6.61 Å². The first-order chi connectivity index (χ1) is 21.2. The molecule has 218 valence electrons. The molecule has 5 nitrogen and oxygen atoms in total. The van der Waals surface area contributed by atoms with Crippen LogP contribution in [0.1, 0.15) is 40.2 Å². The van der Waals surface area contributed by atoms with Crippen molar-refractivity contribution in [1.29, 1.82) is 0 Å². The van der Waals surface area contributed by atoms with Gasteiger partial charge in [0.2, 0.25) is 0 Å². The van der Waals surface area contributed by atoms with E-state index in [-0.39, 0.29) is 11.9 Å². The van der Waals surface area contributed by atoms with E-state index in [4.69, 9.17) is 9.47 Å². The first-order valence-corrected chi connectivity index (χ1v) is 14.7. The minimum absolute atomic E-state index is 0.105. The number of hydrogen-bond donors (Lipinski definition) is 1. The predicted octanol–water partition coefficient (Wildman–Crippen LogP) is 8.21. The summed E-state index contributed by atoms with van der Waals surface area (Å²) >= 11 is 0. The van der Waals surface area contributed by atoms with E-state index < -0.39 is 0 Å². The maximum absolute atomic E-state index is 13.6. The molecule has 0 aliphatic carbocycles. The lowest BCUT2D eigenvalue weighted by Gasteiger charge is -2.27. The van der Waals surface area contributed by atoms with Crippen LogP contribution in [-0.2, 0) is 19.7 Å². The van der Waals surface area contributed by atoms with Crippen LogP contribution in [0, 0.1) is 0 Å². The Kier molecular flexibility index (Phi) is 10.5. The summed E-state index contributed by atoms with van der Waals surface area (Å²) < 4.78 is 11.8. The maximum Gasteiger partial charge on any atom is 0.317 e. The summed E-state index contributed by atoms with van der Waals surface area (Å²) in [6, 6.07) is 46.8. The van der Waals surface area contributed by atoms with E-state index in [2.05, 4.69) is 53.8 Å². The van der Waals surface area contributed by atoms with Gasteiger partial charge in [-0.25, -0.2) is 4.79 Å². The Balaban J connectivity index is 1.34. The zero-order chi connectivity index (χ0) is 29.7. The number of nitrogens with one attached hydrogen (secondary N) is 1. The normalized spacial score (nSPS) is 10.7. The molecular formula is C38H38N2O3. The molecule has 43 heavy (non-hydrogen) atoms. The molecule has 0 saturated heterocycles. The molecule has 5 rings (SSSR count). The highest BCUT2D eigenvalue weighted by Gasteiger charge is 2.20. The van der Waals surface area contributed by atoms with E-state index in [0.29, 0.717) is 37.7 Å². The van der Waals surface area contributed by atoms with Gasteiger partial charge in [-0.1, -0.05) is 127 Å². The van der Waals surface area contributed by atoms with Gasteiger partial charge in [-0.3, -0.25) is 0 Å². The molecular weight excluding hydrogens is 532 g/mol. The molecule has 0 aliphatic rings. The highest BCUT2D eigenvalue weighted by atomic mass is 16.5. The lowest BCUT2D eigenvalue weighted by atomic mass is 9.88. The number of amides is 2. The quantitative estimate of drug-likeness (QED) is 0.155. The molecule has 2 amide bonds. The molecule has 0 fully saturated rings. The molecule has 0 aliphatic heterocycles. The molecule has 0 spiro atoms. The molecule has 0 bridgehead atoms. The Bertz CT molecular complexity index is 1500. The number of hydrogen-bond acceptors (Lipinski definition) is 3. The van der Waals surface area contributed by atoms with Gasteiger partial charge >= 0.3 is 6.03 Å². The smallest absolute Gasteiger partial charge is 0.317 e. The SMILES string of the molecule is COc1cc(CN(CCC(c2ccccc2)c2ccccc2)C(=O)NCc2ccccc2)ccc1OCc1ccccc1. The van der Waals surface area contributed by atoms with Crippen molar-refractivity contribution in [1.82, 2.24) is 10.2 Å². The van der Waals surface area contributed by atoms with E-state index in [1.54, 1.807) is 7.11 Å². The third-order valence-electron chi connectivity index (χ3n) is 7.50. The van der Waals surface area contributed by atoms with E-state index in [9.17, 15) is 4.79 Å². The molecule has 5 aromatic carbocycles.